The number of benzene rings is 1. The molecule has 25 heavy (non-hydrogen) atoms. The number of nitrogens with zero attached hydrogens (tertiary/aromatic N) is 4. The van der Waals surface area contributed by atoms with E-state index in [0.29, 0.717) is 6.54 Å². The zero-order valence-corrected chi connectivity index (χ0v) is 14.6. The van der Waals surface area contributed by atoms with E-state index in [1.54, 1.807) is 12.4 Å². The third kappa shape index (κ3) is 3.26. The number of hydrogen-bond donors (Lipinski definition) is 1. The Morgan fingerprint density at radius 2 is 1.84 bits per heavy atom. The minimum Gasteiger partial charge on any atom is -0.389 e. The number of aliphatic hydroxyl groups excluding tert-OH is 1. The molecule has 2 aliphatic heterocycles. The van der Waals surface area contributed by atoms with E-state index in [-0.39, 0.29) is 11.6 Å². The minimum atomic E-state index is -0.358. The van der Waals surface area contributed by atoms with Crippen LogP contribution in [-0.2, 0) is 6.42 Å². The Morgan fingerprint density at radius 1 is 1.04 bits per heavy atom. The Balaban J connectivity index is 1.43. The number of piperidine rings is 1. The molecule has 2 aliphatic rings. The summed E-state index contributed by atoms with van der Waals surface area (Å²) in [5.41, 5.74) is 1.30. The van der Waals surface area contributed by atoms with Crippen molar-refractivity contribution in [2.45, 2.75) is 37.3 Å². The van der Waals surface area contributed by atoms with Gasteiger partial charge in [-0.25, -0.2) is 9.97 Å². The van der Waals surface area contributed by atoms with Crippen molar-refractivity contribution >= 4 is 5.95 Å². The smallest absolute Gasteiger partial charge is 0.225 e. The monoisotopic (exact) mass is 338 g/mol. The average molecular weight is 338 g/mol. The van der Waals surface area contributed by atoms with Crippen LogP contribution in [0.5, 0.6) is 0 Å². The van der Waals surface area contributed by atoms with E-state index < -0.39 is 0 Å². The van der Waals surface area contributed by atoms with Crippen LogP contribution in [0.4, 0.5) is 5.95 Å². The summed E-state index contributed by atoms with van der Waals surface area (Å²) >= 11 is 0. The van der Waals surface area contributed by atoms with Crippen molar-refractivity contribution in [1.82, 2.24) is 14.9 Å². The van der Waals surface area contributed by atoms with Crippen LogP contribution in [-0.4, -0.2) is 57.8 Å². The standard InChI is InChI=1S/C20H26N4O/c25-18-16-23(19-21-11-5-12-22-19)15-10-20(18)9-4-13-24(20)14-8-17-6-2-1-3-7-17/h1-3,5-7,11-12,18,25H,4,8-10,13-16H2/t18-,20-/m0/s1. The molecule has 0 aliphatic carbocycles. The van der Waals surface area contributed by atoms with Crippen molar-refractivity contribution in [3.05, 3.63) is 54.4 Å². The van der Waals surface area contributed by atoms with E-state index in [1.807, 2.05) is 6.07 Å². The van der Waals surface area contributed by atoms with Crippen LogP contribution in [0.1, 0.15) is 24.8 Å². The molecule has 2 saturated heterocycles. The quantitative estimate of drug-likeness (QED) is 0.925. The van der Waals surface area contributed by atoms with Gasteiger partial charge < -0.3 is 10.0 Å². The van der Waals surface area contributed by atoms with Gasteiger partial charge in [0, 0.05) is 32.0 Å². The molecule has 2 aromatic rings. The summed E-state index contributed by atoms with van der Waals surface area (Å²) in [6, 6.07) is 12.5. The van der Waals surface area contributed by atoms with Gasteiger partial charge in [0.15, 0.2) is 0 Å². The SMILES string of the molecule is O[C@H]1CN(c2ncccn2)CC[C@@]12CCCN2CCc1ccccc1. The van der Waals surface area contributed by atoms with Crippen LogP contribution in [0.2, 0.25) is 0 Å². The molecule has 3 heterocycles. The van der Waals surface area contributed by atoms with E-state index in [1.165, 1.54) is 12.0 Å². The molecular weight excluding hydrogens is 312 g/mol. The largest absolute Gasteiger partial charge is 0.389 e. The summed E-state index contributed by atoms with van der Waals surface area (Å²) < 4.78 is 0. The van der Waals surface area contributed by atoms with Crippen LogP contribution in [0.25, 0.3) is 0 Å². The first-order valence-corrected chi connectivity index (χ1v) is 9.27. The number of hydrogen-bond acceptors (Lipinski definition) is 5. The lowest BCUT2D eigenvalue weighted by Crippen LogP contribution is -2.62. The lowest BCUT2D eigenvalue weighted by atomic mass is 9.82. The number of anilines is 1. The van der Waals surface area contributed by atoms with E-state index in [9.17, 15) is 5.11 Å². The molecule has 0 saturated carbocycles. The molecule has 2 atom stereocenters. The predicted octanol–water partition coefficient (Wildman–Crippen LogP) is 2.12. The van der Waals surface area contributed by atoms with Crippen molar-refractivity contribution in [3.63, 3.8) is 0 Å². The van der Waals surface area contributed by atoms with E-state index >= 15 is 0 Å². The minimum absolute atomic E-state index is 0.0694. The number of rotatable bonds is 4. The van der Waals surface area contributed by atoms with Crippen LogP contribution in [0.3, 0.4) is 0 Å². The van der Waals surface area contributed by atoms with Crippen LogP contribution < -0.4 is 4.90 Å². The van der Waals surface area contributed by atoms with Gasteiger partial charge in [0.05, 0.1) is 11.6 Å². The molecule has 1 spiro atoms. The van der Waals surface area contributed by atoms with Crippen LogP contribution in [0.15, 0.2) is 48.8 Å². The topological polar surface area (TPSA) is 52.5 Å². The third-order valence-corrected chi connectivity index (χ3v) is 5.84. The Hall–Kier alpha value is -1.98. The van der Waals surface area contributed by atoms with Gasteiger partial charge in [-0.2, -0.15) is 0 Å². The fourth-order valence-corrected chi connectivity index (χ4v) is 4.46. The first-order valence-electron chi connectivity index (χ1n) is 9.27. The Labute approximate surface area is 149 Å². The number of likely N-dealkylation sites (tertiary alicyclic amines) is 1. The average Bonchev–Trinajstić information content (AvgIpc) is 3.07. The highest BCUT2D eigenvalue weighted by Crippen LogP contribution is 2.39. The number of aliphatic hydroxyl groups is 1. The molecule has 0 radical (unpaired) electrons. The molecule has 1 aromatic heterocycles. The lowest BCUT2D eigenvalue weighted by Gasteiger charge is -2.48. The summed E-state index contributed by atoms with van der Waals surface area (Å²) in [6.45, 7) is 3.63. The third-order valence-electron chi connectivity index (χ3n) is 5.84. The van der Waals surface area contributed by atoms with Crippen molar-refractivity contribution in [2.24, 2.45) is 0 Å². The zero-order valence-electron chi connectivity index (χ0n) is 14.6. The van der Waals surface area contributed by atoms with E-state index in [4.69, 9.17) is 0 Å². The zero-order chi connectivity index (χ0) is 17.1. The second-order valence-electron chi connectivity index (χ2n) is 7.19. The maximum Gasteiger partial charge on any atom is 0.225 e. The molecule has 5 nitrogen and oxygen atoms in total. The fourth-order valence-electron chi connectivity index (χ4n) is 4.46. The molecule has 1 N–H and O–H groups in total. The summed E-state index contributed by atoms with van der Waals surface area (Å²) in [5.74, 6) is 0.727. The molecule has 2 fully saturated rings. The second-order valence-corrected chi connectivity index (χ2v) is 7.19. The van der Waals surface area contributed by atoms with Crippen molar-refractivity contribution < 1.29 is 5.11 Å². The van der Waals surface area contributed by atoms with Crippen molar-refractivity contribution in [2.75, 3.05) is 31.1 Å². The molecule has 0 unspecified atom stereocenters. The Morgan fingerprint density at radius 3 is 2.60 bits per heavy atom. The maximum absolute atomic E-state index is 11.0. The first-order chi connectivity index (χ1) is 12.3. The molecule has 0 amide bonds. The van der Waals surface area contributed by atoms with Crippen LogP contribution in [0, 0.1) is 0 Å². The van der Waals surface area contributed by atoms with Gasteiger partial charge in [0.1, 0.15) is 0 Å². The van der Waals surface area contributed by atoms with Gasteiger partial charge in [-0.15, -0.1) is 0 Å². The van der Waals surface area contributed by atoms with Gasteiger partial charge in [-0.1, -0.05) is 30.3 Å². The predicted molar refractivity (Wildman–Crippen MR) is 98.6 cm³/mol. The molecule has 4 rings (SSSR count). The summed E-state index contributed by atoms with van der Waals surface area (Å²) in [5, 5.41) is 11.0. The Bertz CT molecular complexity index is 681. The summed E-state index contributed by atoms with van der Waals surface area (Å²) in [7, 11) is 0. The number of aromatic nitrogens is 2. The second kappa shape index (κ2) is 7.10. The Kier molecular flexibility index (Phi) is 4.68. The fraction of sp³-hybridized carbons (Fsp3) is 0.500. The lowest BCUT2D eigenvalue weighted by molar-refractivity contribution is -0.0205. The van der Waals surface area contributed by atoms with Gasteiger partial charge in [0.2, 0.25) is 5.95 Å². The molecule has 0 bridgehead atoms. The van der Waals surface area contributed by atoms with Gasteiger partial charge in [-0.3, -0.25) is 4.90 Å². The highest BCUT2D eigenvalue weighted by atomic mass is 16.3. The van der Waals surface area contributed by atoms with E-state index in [2.05, 4.69) is 50.1 Å². The molecule has 1 aromatic carbocycles. The first kappa shape index (κ1) is 16.5. The van der Waals surface area contributed by atoms with E-state index in [0.717, 1.165) is 44.8 Å². The molecular formula is C20H26N4O. The van der Waals surface area contributed by atoms with Gasteiger partial charge in [-0.05, 0) is 43.9 Å². The van der Waals surface area contributed by atoms with Gasteiger partial charge >= 0.3 is 0 Å². The van der Waals surface area contributed by atoms with Gasteiger partial charge in [0.25, 0.3) is 0 Å². The molecule has 132 valence electrons. The normalized spacial score (nSPS) is 27.1. The summed E-state index contributed by atoms with van der Waals surface area (Å²) in [4.78, 5) is 13.3. The highest BCUT2D eigenvalue weighted by Gasteiger charge is 2.49. The summed E-state index contributed by atoms with van der Waals surface area (Å²) in [6.07, 6.45) is 7.45. The maximum atomic E-state index is 11.0. The van der Waals surface area contributed by atoms with Crippen LogP contribution >= 0.6 is 0 Å². The molecule has 5 heteroatoms. The van der Waals surface area contributed by atoms with Crippen molar-refractivity contribution in [1.29, 1.82) is 0 Å². The highest BCUT2D eigenvalue weighted by molar-refractivity contribution is 5.31. The number of β-amino-alcohol motifs (C(OH)–C–C–N with tert-alkyl or cyclic N) is 1. The van der Waals surface area contributed by atoms with Crippen molar-refractivity contribution in [3.8, 4) is 0 Å².